The van der Waals surface area contributed by atoms with Crippen molar-refractivity contribution in [3.63, 3.8) is 0 Å². The average Bonchev–Trinajstić information content (AvgIpc) is 3.74. The van der Waals surface area contributed by atoms with Gasteiger partial charge in [-0.2, -0.15) is 15.2 Å². The fraction of sp³-hybridized carbons (Fsp3) is 0.548. The summed E-state index contributed by atoms with van der Waals surface area (Å²) in [4.78, 5) is 30.7. The molecule has 12 heteroatoms. The Hall–Kier alpha value is -4.08. The van der Waals surface area contributed by atoms with E-state index in [-0.39, 0.29) is 5.91 Å². The van der Waals surface area contributed by atoms with Crippen LogP contribution in [0.2, 0.25) is 0 Å². The van der Waals surface area contributed by atoms with Crippen molar-refractivity contribution >= 4 is 34.4 Å². The molecule has 3 aliphatic heterocycles. The summed E-state index contributed by atoms with van der Waals surface area (Å²) in [6.07, 6.45) is 8.47. The molecule has 12 nitrogen and oxygen atoms in total. The predicted octanol–water partition coefficient (Wildman–Crippen LogP) is 3.88. The lowest BCUT2D eigenvalue weighted by Crippen LogP contribution is -2.50. The lowest BCUT2D eigenvalue weighted by molar-refractivity contribution is 0.00152. The van der Waals surface area contributed by atoms with Crippen LogP contribution in [0.1, 0.15) is 54.4 Å². The number of rotatable bonds is 7. The first-order chi connectivity index (χ1) is 21.2. The van der Waals surface area contributed by atoms with Crippen LogP contribution in [-0.2, 0) is 4.74 Å². The third-order valence-electron chi connectivity index (χ3n) is 9.16. The topological polar surface area (TPSA) is 141 Å². The van der Waals surface area contributed by atoms with Gasteiger partial charge in [-0.25, -0.2) is 0 Å². The van der Waals surface area contributed by atoms with Crippen LogP contribution < -0.4 is 20.1 Å². The maximum absolute atomic E-state index is 13.7. The first-order valence-corrected chi connectivity index (χ1v) is 15.5. The highest BCUT2D eigenvalue weighted by Crippen LogP contribution is 2.42. The number of nitrogens with one attached hydrogen (secondary N) is 3. The third kappa shape index (κ3) is 5.67. The van der Waals surface area contributed by atoms with Gasteiger partial charge in [-0.15, -0.1) is 0 Å². The highest BCUT2D eigenvalue weighted by atomic mass is 16.6. The molecule has 1 saturated carbocycles. The fourth-order valence-electron chi connectivity index (χ4n) is 6.83. The highest BCUT2D eigenvalue weighted by molar-refractivity contribution is 5.99. The molecule has 3 aromatic rings. The molecular weight excluding hydrogens is 548 g/mol. The van der Waals surface area contributed by atoms with Crippen LogP contribution in [0.3, 0.4) is 0 Å². The van der Waals surface area contributed by atoms with E-state index in [1.165, 1.54) is 25.7 Å². The van der Waals surface area contributed by atoms with Crippen molar-refractivity contribution in [2.45, 2.75) is 44.6 Å². The molecule has 5 heterocycles. The van der Waals surface area contributed by atoms with E-state index >= 15 is 0 Å². The van der Waals surface area contributed by atoms with Crippen molar-refractivity contribution in [2.75, 3.05) is 69.8 Å². The Labute approximate surface area is 250 Å². The third-order valence-corrected chi connectivity index (χ3v) is 9.16. The van der Waals surface area contributed by atoms with E-state index in [0.29, 0.717) is 89.4 Å². The molecule has 1 aliphatic carbocycles. The molecular formula is C31H38N8O4. The van der Waals surface area contributed by atoms with E-state index in [2.05, 4.69) is 31.6 Å². The van der Waals surface area contributed by atoms with E-state index < -0.39 is 0 Å². The van der Waals surface area contributed by atoms with E-state index in [1.807, 2.05) is 11.0 Å². The van der Waals surface area contributed by atoms with Crippen LogP contribution in [0.5, 0.6) is 11.5 Å². The summed E-state index contributed by atoms with van der Waals surface area (Å²) in [5, 5.41) is 17.1. The summed E-state index contributed by atoms with van der Waals surface area (Å²) >= 11 is 0. The Morgan fingerprint density at radius 1 is 1.00 bits per heavy atom. The number of nitrogens with zero attached hydrogens (tertiary/aromatic N) is 5. The monoisotopic (exact) mass is 586 g/mol. The molecule has 0 unspecified atom stereocenters. The largest absolute Gasteiger partial charge is 0.485 e. The van der Waals surface area contributed by atoms with Crippen LogP contribution in [0.15, 0.2) is 18.3 Å². The van der Waals surface area contributed by atoms with Crippen molar-refractivity contribution in [1.29, 1.82) is 5.26 Å². The van der Waals surface area contributed by atoms with Gasteiger partial charge in [0, 0.05) is 45.0 Å². The Morgan fingerprint density at radius 3 is 2.53 bits per heavy atom. The number of carbonyl (C=O) groups excluding carboxylic acids is 1. The number of carbonyl (C=O) groups is 1. The SMILES string of the molecule is N#Cc1c[nH]c2nc(Nc3ccc(C(=O)N4CCC(N5CCOCC5)CC4)c4c3OCCO4)nc(NCC3CCCC3)c12. The van der Waals surface area contributed by atoms with Crippen LogP contribution in [-0.4, -0.2) is 95.9 Å². The van der Waals surface area contributed by atoms with Gasteiger partial charge in [-0.3, -0.25) is 9.69 Å². The van der Waals surface area contributed by atoms with E-state index in [9.17, 15) is 10.1 Å². The summed E-state index contributed by atoms with van der Waals surface area (Å²) in [7, 11) is 0. The number of ether oxygens (including phenoxy) is 3. The van der Waals surface area contributed by atoms with Gasteiger partial charge in [0.1, 0.15) is 30.7 Å². The second-order valence-corrected chi connectivity index (χ2v) is 11.8. The number of nitriles is 1. The minimum absolute atomic E-state index is 0.0415. The van der Waals surface area contributed by atoms with Gasteiger partial charge >= 0.3 is 0 Å². The summed E-state index contributed by atoms with van der Waals surface area (Å²) < 4.78 is 17.6. The molecule has 0 radical (unpaired) electrons. The smallest absolute Gasteiger partial charge is 0.257 e. The number of amides is 1. The Kier molecular flexibility index (Phi) is 7.91. The Bertz CT molecular complexity index is 1510. The molecule has 3 fully saturated rings. The first kappa shape index (κ1) is 27.7. The van der Waals surface area contributed by atoms with Gasteiger partial charge in [0.2, 0.25) is 5.95 Å². The number of aromatic amines is 1. The van der Waals surface area contributed by atoms with Crippen LogP contribution in [0.4, 0.5) is 17.5 Å². The lowest BCUT2D eigenvalue weighted by Gasteiger charge is -2.40. The average molecular weight is 587 g/mol. The number of benzene rings is 1. The van der Waals surface area contributed by atoms with E-state index in [1.54, 1.807) is 12.3 Å². The quantitative estimate of drug-likeness (QED) is 0.374. The van der Waals surface area contributed by atoms with Gasteiger partial charge in [0.15, 0.2) is 11.5 Å². The van der Waals surface area contributed by atoms with Crippen LogP contribution in [0, 0.1) is 17.2 Å². The summed E-state index contributed by atoms with van der Waals surface area (Å²) in [6.45, 7) is 6.46. The van der Waals surface area contributed by atoms with Crippen LogP contribution in [0.25, 0.3) is 11.0 Å². The summed E-state index contributed by atoms with van der Waals surface area (Å²) in [5.41, 5.74) is 2.19. The molecule has 7 rings (SSSR count). The highest BCUT2D eigenvalue weighted by Gasteiger charge is 2.32. The van der Waals surface area contributed by atoms with Crippen molar-refractivity contribution < 1.29 is 19.0 Å². The van der Waals surface area contributed by atoms with E-state index in [0.717, 1.165) is 45.7 Å². The molecule has 3 N–H and O–H groups in total. The number of likely N-dealkylation sites (tertiary alicyclic amines) is 1. The van der Waals surface area contributed by atoms with Crippen molar-refractivity contribution in [3.8, 4) is 17.6 Å². The van der Waals surface area contributed by atoms with Gasteiger partial charge in [0.05, 0.1) is 35.4 Å². The molecule has 2 aromatic heterocycles. The minimum Gasteiger partial charge on any atom is -0.485 e. The summed E-state index contributed by atoms with van der Waals surface area (Å²) in [5.74, 6) is 2.46. The van der Waals surface area contributed by atoms with Gasteiger partial charge < -0.3 is 34.7 Å². The van der Waals surface area contributed by atoms with Crippen molar-refractivity contribution in [3.05, 3.63) is 29.5 Å². The Morgan fingerprint density at radius 2 is 1.77 bits per heavy atom. The number of hydrogen-bond donors (Lipinski definition) is 3. The lowest BCUT2D eigenvalue weighted by atomic mass is 10.0. The number of hydrogen-bond acceptors (Lipinski definition) is 10. The molecule has 0 spiro atoms. The zero-order chi connectivity index (χ0) is 29.2. The fourth-order valence-corrected chi connectivity index (χ4v) is 6.83. The normalized spacial score (nSPS) is 19.8. The number of H-pyrrole nitrogens is 1. The molecule has 1 amide bonds. The zero-order valence-electron chi connectivity index (χ0n) is 24.4. The second-order valence-electron chi connectivity index (χ2n) is 11.8. The van der Waals surface area contributed by atoms with Crippen molar-refractivity contribution in [1.82, 2.24) is 24.8 Å². The molecule has 4 aliphatic rings. The van der Waals surface area contributed by atoms with Gasteiger partial charge in [-0.05, 0) is 43.7 Å². The minimum atomic E-state index is -0.0415. The maximum atomic E-state index is 13.7. The summed E-state index contributed by atoms with van der Waals surface area (Å²) in [6, 6.07) is 6.36. The van der Waals surface area contributed by atoms with Gasteiger partial charge in [-0.1, -0.05) is 12.8 Å². The number of piperidine rings is 1. The molecule has 1 aromatic carbocycles. The van der Waals surface area contributed by atoms with Gasteiger partial charge in [0.25, 0.3) is 5.91 Å². The Balaban J connectivity index is 1.11. The zero-order valence-corrected chi connectivity index (χ0v) is 24.4. The number of anilines is 3. The van der Waals surface area contributed by atoms with E-state index in [4.69, 9.17) is 19.2 Å². The standard InChI is InChI=1S/C31H38N8O4/c32-17-21-19-34-29-25(21)28(33-18-20-3-1-2-4-20)36-31(37-29)35-24-6-5-23(26-27(24)43-16-15-42-26)30(40)39-9-7-22(8-10-39)38-11-13-41-14-12-38/h5-6,19-20,22H,1-4,7-16,18H2,(H3,33,34,35,36,37). The molecule has 2 saturated heterocycles. The maximum Gasteiger partial charge on any atom is 0.257 e. The second kappa shape index (κ2) is 12.3. The molecule has 0 atom stereocenters. The predicted molar refractivity (Wildman–Crippen MR) is 161 cm³/mol. The van der Waals surface area contributed by atoms with Crippen LogP contribution >= 0.6 is 0 Å². The number of aromatic nitrogens is 3. The number of morpholine rings is 1. The molecule has 226 valence electrons. The molecule has 43 heavy (non-hydrogen) atoms. The number of fused-ring (bicyclic) bond motifs is 2. The molecule has 0 bridgehead atoms. The van der Waals surface area contributed by atoms with Crippen molar-refractivity contribution in [2.24, 2.45) is 5.92 Å². The first-order valence-electron chi connectivity index (χ1n) is 15.5.